The summed E-state index contributed by atoms with van der Waals surface area (Å²) >= 11 is 0. The van der Waals surface area contributed by atoms with Crippen LogP contribution in [-0.4, -0.2) is 35.0 Å². The van der Waals surface area contributed by atoms with Crippen LogP contribution >= 0.6 is 0 Å². The molecule has 6 heteroatoms. The first-order valence-corrected chi connectivity index (χ1v) is 10.5. The zero-order valence-electron chi connectivity index (χ0n) is 17.8. The smallest absolute Gasteiger partial charge is 0.326 e. The highest BCUT2D eigenvalue weighted by molar-refractivity contribution is 5.90. The fourth-order valence-corrected chi connectivity index (χ4v) is 2.98. The van der Waals surface area contributed by atoms with Gasteiger partial charge in [0.05, 0.1) is 0 Å². The van der Waals surface area contributed by atoms with Gasteiger partial charge in [0, 0.05) is 6.42 Å². The summed E-state index contributed by atoms with van der Waals surface area (Å²) in [5, 5.41) is 14.7. The normalized spacial score (nSPS) is 13.4. The molecule has 0 rings (SSSR count). The Morgan fingerprint density at radius 3 is 1.89 bits per heavy atom. The molecule has 0 aliphatic carbocycles. The van der Waals surface area contributed by atoms with Crippen molar-refractivity contribution in [3.05, 3.63) is 0 Å². The highest BCUT2D eigenvalue weighted by Gasteiger charge is 2.28. The topological polar surface area (TPSA) is 95.5 Å². The zero-order chi connectivity index (χ0) is 20.8. The average molecular weight is 385 g/mol. The summed E-state index contributed by atoms with van der Waals surface area (Å²) in [6.07, 6.45) is 8.67. The second-order valence-electron chi connectivity index (χ2n) is 8.19. The van der Waals surface area contributed by atoms with Gasteiger partial charge in [0.15, 0.2) is 0 Å². The number of nitrogens with one attached hydrogen (secondary N) is 2. The highest BCUT2D eigenvalue weighted by Crippen LogP contribution is 2.10. The maximum Gasteiger partial charge on any atom is 0.326 e. The number of carboxylic acids is 1. The molecule has 27 heavy (non-hydrogen) atoms. The molecule has 0 aromatic heterocycles. The van der Waals surface area contributed by atoms with Gasteiger partial charge >= 0.3 is 5.97 Å². The number of hydrogen-bond acceptors (Lipinski definition) is 3. The number of carboxylic acid groups (broad SMARTS) is 1. The van der Waals surface area contributed by atoms with Gasteiger partial charge in [-0.3, -0.25) is 9.59 Å². The summed E-state index contributed by atoms with van der Waals surface area (Å²) in [6.45, 7) is 9.69. The molecule has 0 aliphatic rings. The molecule has 0 saturated heterocycles. The minimum atomic E-state index is -1.05. The number of hydrogen-bond donors (Lipinski definition) is 3. The van der Waals surface area contributed by atoms with Crippen molar-refractivity contribution in [2.24, 2.45) is 11.8 Å². The summed E-state index contributed by atoms with van der Waals surface area (Å²) in [4.78, 5) is 36.0. The van der Waals surface area contributed by atoms with Gasteiger partial charge in [0.25, 0.3) is 0 Å². The van der Waals surface area contributed by atoms with E-state index in [2.05, 4.69) is 17.6 Å². The molecular weight excluding hydrogens is 344 g/mol. The Bertz CT molecular complexity index is 449. The largest absolute Gasteiger partial charge is 0.480 e. The molecule has 2 atom stereocenters. The number of carbonyl (C=O) groups is 3. The molecule has 0 aliphatic heterocycles. The first-order valence-electron chi connectivity index (χ1n) is 10.5. The first-order chi connectivity index (χ1) is 12.7. The third kappa shape index (κ3) is 12.4. The first kappa shape index (κ1) is 25.4. The van der Waals surface area contributed by atoms with Crippen molar-refractivity contribution in [1.82, 2.24) is 10.6 Å². The molecule has 0 heterocycles. The van der Waals surface area contributed by atoms with Crippen LogP contribution in [-0.2, 0) is 14.4 Å². The highest BCUT2D eigenvalue weighted by atomic mass is 16.4. The molecule has 6 nitrogen and oxygen atoms in total. The summed E-state index contributed by atoms with van der Waals surface area (Å²) < 4.78 is 0. The molecule has 0 fully saturated rings. The Labute approximate surface area is 164 Å². The maximum absolute atomic E-state index is 12.5. The van der Waals surface area contributed by atoms with Crippen molar-refractivity contribution >= 4 is 17.8 Å². The van der Waals surface area contributed by atoms with E-state index in [9.17, 15) is 19.5 Å². The molecule has 0 unspecified atom stereocenters. The molecule has 2 amide bonds. The van der Waals surface area contributed by atoms with E-state index in [1.807, 2.05) is 27.7 Å². The van der Waals surface area contributed by atoms with Gasteiger partial charge in [-0.25, -0.2) is 4.79 Å². The lowest BCUT2D eigenvalue weighted by Crippen LogP contribution is -2.53. The van der Waals surface area contributed by atoms with Gasteiger partial charge in [-0.15, -0.1) is 0 Å². The summed E-state index contributed by atoms with van der Waals surface area (Å²) in [7, 11) is 0. The molecule has 0 aromatic carbocycles. The molecule has 0 saturated carbocycles. The Morgan fingerprint density at radius 2 is 1.41 bits per heavy atom. The Hall–Kier alpha value is -1.59. The lowest BCUT2D eigenvalue weighted by atomic mass is 10.00. The van der Waals surface area contributed by atoms with Crippen LogP contribution in [0.1, 0.15) is 92.4 Å². The SMILES string of the molecule is CCCCCCCCCC(=O)N[C@H](C(=O)N[C@@H](CC(C)C)C(=O)O)C(C)C. The fourth-order valence-electron chi connectivity index (χ4n) is 2.98. The van der Waals surface area contributed by atoms with Crippen molar-refractivity contribution < 1.29 is 19.5 Å². The predicted molar refractivity (Wildman–Crippen MR) is 108 cm³/mol. The van der Waals surface area contributed by atoms with Crippen LogP contribution in [0.4, 0.5) is 0 Å². The van der Waals surface area contributed by atoms with Gasteiger partial charge in [0.1, 0.15) is 12.1 Å². The van der Waals surface area contributed by atoms with Crippen LogP contribution < -0.4 is 10.6 Å². The van der Waals surface area contributed by atoms with Crippen LogP contribution in [0.2, 0.25) is 0 Å². The van der Waals surface area contributed by atoms with E-state index in [0.29, 0.717) is 12.8 Å². The second kappa shape index (κ2) is 14.5. The fraction of sp³-hybridized carbons (Fsp3) is 0.857. The van der Waals surface area contributed by atoms with Gasteiger partial charge in [-0.2, -0.15) is 0 Å². The zero-order valence-corrected chi connectivity index (χ0v) is 17.8. The van der Waals surface area contributed by atoms with E-state index in [0.717, 1.165) is 19.3 Å². The minimum Gasteiger partial charge on any atom is -0.480 e. The number of rotatable bonds is 15. The van der Waals surface area contributed by atoms with E-state index >= 15 is 0 Å². The van der Waals surface area contributed by atoms with E-state index in [-0.39, 0.29) is 17.7 Å². The second-order valence-corrected chi connectivity index (χ2v) is 8.19. The number of aliphatic carboxylic acids is 1. The lowest BCUT2D eigenvalue weighted by Gasteiger charge is -2.24. The van der Waals surface area contributed by atoms with Crippen molar-refractivity contribution in [3.63, 3.8) is 0 Å². The van der Waals surface area contributed by atoms with Gasteiger partial charge in [-0.05, 0) is 24.7 Å². The van der Waals surface area contributed by atoms with Gasteiger partial charge < -0.3 is 15.7 Å². The van der Waals surface area contributed by atoms with E-state index in [4.69, 9.17) is 0 Å². The standard InChI is InChI=1S/C21H40N2O4/c1-6-7-8-9-10-11-12-13-18(24)23-19(16(4)5)20(25)22-17(21(26)27)14-15(2)3/h15-17,19H,6-14H2,1-5H3,(H,22,25)(H,23,24)(H,26,27)/t17-,19-/m0/s1. The Balaban J connectivity index is 4.42. The quantitative estimate of drug-likeness (QED) is 0.373. The third-order valence-corrected chi connectivity index (χ3v) is 4.59. The summed E-state index contributed by atoms with van der Waals surface area (Å²) in [5.41, 5.74) is 0. The molecule has 0 radical (unpaired) electrons. The summed E-state index contributed by atoms with van der Waals surface area (Å²) in [6, 6.07) is -1.64. The van der Waals surface area contributed by atoms with Crippen LogP contribution in [0.15, 0.2) is 0 Å². The van der Waals surface area contributed by atoms with Crippen LogP contribution in [0.25, 0.3) is 0 Å². The molecule has 0 spiro atoms. The Kier molecular flexibility index (Phi) is 13.6. The molecule has 0 bridgehead atoms. The number of carbonyl (C=O) groups excluding carboxylic acids is 2. The van der Waals surface area contributed by atoms with E-state index < -0.39 is 24.0 Å². The minimum absolute atomic E-state index is 0.114. The number of unbranched alkanes of at least 4 members (excludes halogenated alkanes) is 6. The van der Waals surface area contributed by atoms with E-state index in [1.54, 1.807) is 0 Å². The third-order valence-electron chi connectivity index (χ3n) is 4.59. The van der Waals surface area contributed by atoms with Crippen LogP contribution in [0.5, 0.6) is 0 Å². The maximum atomic E-state index is 12.5. The van der Waals surface area contributed by atoms with Crippen LogP contribution in [0, 0.1) is 11.8 Å². The molecule has 3 N–H and O–H groups in total. The van der Waals surface area contributed by atoms with Crippen molar-refractivity contribution in [2.75, 3.05) is 0 Å². The van der Waals surface area contributed by atoms with Crippen molar-refractivity contribution in [2.45, 2.75) is 104 Å². The van der Waals surface area contributed by atoms with Gasteiger partial charge in [0.2, 0.25) is 11.8 Å². The lowest BCUT2D eigenvalue weighted by molar-refractivity contribution is -0.143. The molecule has 0 aromatic rings. The van der Waals surface area contributed by atoms with Gasteiger partial charge in [-0.1, -0.05) is 73.1 Å². The molecule has 158 valence electrons. The van der Waals surface area contributed by atoms with Crippen LogP contribution in [0.3, 0.4) is 0 Å². The predicted octanol–water partition coefficient (Wildman–Crippen LogP) is 3.88. The Morgan fingerprint density at radius 1 is 0.852 bits per heavy atom. The monoisotopic (exact) mass is 384 g/mol. The number of amides is 2. The average Bonchev–Trinajstić information content (AvgIpc) is 2.57. The van der Waals surface area contributed by atoms with Crippen molar-refractivity contribution in [3.8, 4) is 0 Å². The summed E-state index contributed by atoms with van der Waals surface area (Å²) in [5.74, 6) is -1.58. The van der Waals surface area contributed by atoms with Crippen molar-refractivity contribution in [1.29, 1.82) is 0 Å². The molecular formula is C21H40N2O4. The van der Waals surface area contributed by atoms with E-state index in [1.165, 1.54) is 25.7 Å².